The molecule has 0 aliphatic carbocycles. The van der Waals surface area contributed by atoms with Crippen LogP contribution in [0.4, 0.5) is 15.8 Å². The Morgan fingerprint density at radius 1 is 1.14 bits per heavy atom. The zero-order chi connectivity index (χ0) is 26.3. The van der Waals surface area contributed by atoms with Crippen molar-refractivity contribution in [1.82, 2.24) is 19.9 Å². The van der Waals surface area contributed by atoms with Gasteiger partial charge in [-0.05, 0) is 39.3 Å². The monoisotopic (exact) mass is 495 g/mol. The molecule has 6 N–H and O–H groups in total. The minimum atomic E-state index is -0.920. The van der Waals surface area contributed by atoms with Gasteiger partial charge in [0.25, 0.3) is 5.91 Å². The van der Waals surface area contributed by atoms with Crippen LogP contribution in [-0.2, 0) is 9.59 Å². The van der Waals surface area contributed by atoms with Crippen molar-refractivity contribution in [1.29, 1.82) is 0 Å². The second-order valence-electron chi connectivity index (χ2n) is 8.78. The summed E-state index contributed by atoms with van der Waals surface area (Å²) in [5.41, 5.74) is 12.3. The molecule has 11 nitrogen and oxygen atoms in total. The van der Waals surface area contributed by atoms with E-state index in [4.69, 9.17) is 11.5 Å². The standard InChI is InChI=1S/C24H30FN9O2/c1-24(2)5-4-6-34(24)14-21(35)32-16-7-18(22(25)31-11-16)33-23(36)17(9-27)20-13-29-19(12-30-20)15(8-26)10-28-3/h7-13H,4-6,14,26-27H2,1-3H3,(H,32,35)(H,33,36)/b15-8+,17-9+,28-10?. The first kappa shape index (κ1) is 26.4. The maximum Gasteiger partial charge on any atom is 0.259 e. The van der Waals surface area contributed by atoms with E-state index < -0.39 is 11.9 Å². The number of carbonyl (C=O) groups excluding carboxylic acids is 2. The van der Waals surface area contributed by atoms with Crippen LogP contribution >= 0.6 is 0 Å². The highest BCUT2D eigenvalue weighted by Crippen LogP contribution is 2.28. The number of amides is 2. The van der Waals surface area contributed by atoms with E-state index in [1.165, 1.54) is 37.1 Å². The second-order valence-corrected chi connectivity index (χ2v) is 8.78. The molecule has 2 aromatic heterocycles. The number of likely N-dealkylation sites (tertiary alicyclic amines) is 1. The molecule has 1 fully saturated rings. The highest BCUT2D eigenvalue weighted by atomic mass is 19.1. The van der Waals surface area contributed by atoms with Crippen molar-refractivity contribution >= 4 is 40.5 Å². The van der Waals surface area contributed by atoms with Gasteiger partial charge < -0.3 is 22.1 Å². The van der Waals surface area contributed by atoms with Gasteiger partial charge >= 0.3 is 0 Å². The van der Waals surface area contributed by atoms with Gasteiger partial charge in [-0.1, -0.05) is 0 Å². The van der Waals surface area contributed by atoms with E-state index in [2.05, 4.69) is 49.3 Å². The van der Waals surface area contributed by atoms with Crippen molar-refractivity contribution in [3.63, 3.8) is 0 Å². The number of aromatic nitrogens is 3. The number of allylic oxidation sites excluding steroid dienone is 1. The molecule has 3 heterocycles. The summed E-state index contributed by atoms with van der Waals surface area (Å²) in [5, 5.41) is 5.13. The van der Waals surface area contributed by atoms with Crippen molar-refractivity contribution in [3.8, 4) is 0 Å². The summed E-state index contributed by atoms with van der Waals surface area (Å²) in [4.78, 5) is 43.4. The third-order valence-corrected chi connectivity index (χ3v) is 5.86. The molecule has 0 spiro atoms. The first-order valence-electron chi connectivity index (χ1n) is 11.3. The summed E-state index contributed by atoms with van der Waals surface area (Å²) in [7, 11) is 1.59. The van der Waals surface area contributed by atoms with Gasteiger partial charge in [0.2, 0.25) is 11.9 Å². The summed E-state index contributed by atoms with van der Waals surface area (Å²) in [6.07, 6.45) is 9.86. The molecule has 0 bridgehead atoms. The van der Waals surface area contributed by atoms with Gasteiger partial charge in [0.1, 0.15) is 0 Å². The van der Waals surface area contributed by atoms with Gasteiger partial charge in [-0.3, -0.25) is 29.4 Å². The fourth-order valence-electron chi connectivity index (χ4n) is 3.85. The Morgan fingerprint density at radius 2 is 1.86 bits per heavy atom. The van der Waals surface area contributed by atoms with E-state index in [0.717, 1.165) is 25.6 Å². The maximum absolute atomic E-state index is 14.4. The van der Waals surface area contributed by atoms with Crippen molar-refractivity contribution < 1.29 is 14.0 Å². The number of halogens is 1. The number of hydrogen-bond donors (Lipinski definition) is 4. The summed E-state index contributed by atoms with van der Waals surface area (Å²) in [5.74, 6) is -1.91. The molecular weight excluding hydrogens is 465 g/mol. The number of nitrogens with two attached hydrogens (primary N) is 2. The van der Waals surface area contributed by atoms with Crippen LogP contribution in [0.1, 0.15) is 38.1 Å². The topological polar surface area (TPSA) is 165 Å². The van der Waals surface area contributed by atoms with Gasteiger partial charge in [-0.25, -0.2) is 4.98 Å². The molecule has 190 valence electrons. The van der Waals surface area contributed by atoms with E-state index in [-0.39, 0.29) is 40.6 Å². The molecule has 3 rings (SSSR count). The van der Waals surface area contributed by atoms with Gasteiger partial charge in [0.05, 0.1) is 53.5 Å². The third-order valence-electron chi connectivity index (χ3n) is 5.86. The Balaban J connectivity index is 1.71. The zero-order valence-electron chi connectivity index (χ0n) is 20.5. The lowest BCUT2D eigenvalue weighted by Crippen LogP contribution is -2.42. The molecule has 2 aromatic rings. The van der Waals surface area contributed by atoms with Crippen molar-refractivity contribution in [2.24, 2.45) is 16.5 Å². The molecule has 0 aromatic carbocycles. The van der Waals surface area contributed by atoms with Gasteiger partial charge in [-0.15, -0.1) is 0 Å². The predicted molar refractivity (Wildman–Crippen MR) is 137 cm³/mol. The Bertz CT molecular complexity index is 1210. The second kappa shape index (κ2) is 11.5. The highest BCUT2D eigenvalue weighted by Gasteiger charge is 2.32. The third kappa shape index (κ3) is 6.27. The number of rotatable bonds is 8. The molecule has 0 unspecified atom stereocenters. The van der Waals surface area contributed by atoms with Crippen LogP contribution in [0.25, 0.3) is 11.1 Å². The Hall–Kier alpha value is -4.19. The molecule has 1 saturated heterocycles. The van der Waals surface area contributed by atoms with Crippen LogP contribution in [0.5, 0.6) is 0 Å². The van der Waals surface area contributed by atoms with E-state index in [0.29, 0.717) is 11.3 Å². The Labute approximate surface area is 208 Å². The maximum atomic E-state index is 14.4. The van der Waals surface area contributed by atoms with E-state index in [9.17, 15) is 14.0 Å². The first-order chi connectivity index (χ1) is 17.2. The molecular formula is C24H30FN9O2. The minimum absolute atomic E-state index is 0.0402. The van der Waals surface area contributed by atoms with Crippen LogP contribution in [-0.4, -0.2) is 63.6 Å². The van der Waals surface area contributed by atoms with Crippen LogP contribution in [0.2, 0.25) is 0 Å². The van der Waals surface area contributed by atoms with Crippen molar-refractivity contribution in [3.05, 3.63) is 54.4 Å². The van der Waals surface area contributed by atoms with Gasteiger partial charge in [0.15, 0.2) is 0 Å². The fourth-order valence-corrected chi connectivity index (χ4v) is 3.85. The highest BCUT2D eigenvalue weighted by molar-refractivity contribution is 6.24. The largest absolute Gasteiger partial charge is 0.404 e. The van der Waals surface area contributed by atoms with E-state index >= 15 is 0 Å². The number of carbonyl (C=O) groups is 2. The average molecular weight is 496 g/mol. The van der Waals surface area contributed by atoms with E-state index in [1.54, 1.807) is 7.05 Å². The molecule has 36 heavy (non-hydrogen) atoms. The number of pyridine rings is 1. The van der Waals surface area contributed by atoms with E-state index in [1.807, 2.05) is 0 Å². The number of nitrogens with zero attached hydrogens (tertiary/aromatic N) is 5. The zero-order valence-corrected chi connectivity index (χ0v) is 20.5. The molecule has 1 aliphatic rings. The lowest BCUT2D eigenvalue weighted by Gasteiger charge is -2.30. The Morgan fingerprint density at radius 3 is 2.44 bits per heavy atom. The summed E-state index contributed by atoms with van der Waals surface area (Å²) < 4.78 is 14.4. The first-order valence-corrected chi connectivity index (χ1v) is 11.3. The Kier molecular flexibility index (Phi) is 8.43. The molecule has 2 amide bonds. The molecule has 0 saturated carbocycles. The van der Waals surface area contributed by atoms with Gasteiger partial charge in [0, 0.05) is 36.8 Å². The predicted octanol–water partition coefficient (Wildman–Crippen LogP) is 1.76. The quantitative estimate of drug-likeness (QED) is 0.244. The SMILES string of the molecule is CN=C/C(=C\N)c1cnc(/C(=C\N)C(=O)Nc2cc(NC(=O)CN3CCCC3(C)C)cnc2F)cn1. The normalized spacial score (nSPS) is 16.3. The molecule has 0 radical (unpaired) electrons. The lowest BCUT2D eigenvalue weighted by atomic mass is 10.0. The van der Waals surface area contributed by atoms with Crippen molar-refractivity contribution in [2.45, 2.75) is 32.2 Å². The molecule has 0 atom stereocenters. The van der Waals surface area contributed by atoms with Crippen LogP contribution in [0.3, 0.4) is 0 Å². The smallest absolute Gasteiger partial charge is 0.259 e. The van der Waals surface area contributed by atoms with Crippen LogP contribution < -0.4 is 22.1 Å². The fraction of sp³-hybridized carbons (Fsp3) is 0.333. The molecule has 1 aliphatic heterocycles. The number of aliphatic imine (C=N–C) groups is 1. The number of nitrogens with one attached hydrogen (secondary N) is 2. The summed E-state index contributed by atoms with van der Waals surface area (Å²) in [6, 6.07) is 1.29. The molecule has 12 heteroatoms. The lowest BCUT2D eigenvalue weighted by molar-refractivity contribution is -0.118. The average Bonchev–Trinajstić information content (AvgIpc) is 3.18. The van der Waals surface area contributed by atoms with Crippen LogP contribution in [0, 0.1) is 5.95 Å². The van der Waals surface area contributed by atoms with Crippen LogP contribution in [0.15, 0.2) is 42.0 Å². The summed E-state index contributed by atoms with van der Waals surface area (Å²) in [6.45, 7) is 5.21. The van der Waals surface area contributed by atoms with Crippen molar-refractivity contribution in [2.75, 3.05) is 30.8 Å². The number of anilines is 2. The van der Waals surface area contributed by atoms with Gasteiger partial charge in [-0.2, -0.15) is 4.39 Å². The number of hydrogen-bond acceptors (Lipinski definition) is 9. The summed E-state index contributed by atoms with van der Waals surface area (Å²) >= 11 is 0. The minimum Gasteiger partial charge on any atom is -0.404 e.